The number of carbonyl (C=O) groups excluding carboxylic acids is 1. The van der Waals surface area contributed by atoms with Crippen LogP contribution in [0, 0.1) is 13.8 Å². The van der Waals surface area contributed by atoms with E-state index >= 15 is 0 Å². The van der Waals surface area contributed by atoms with Gasteiger partial charge in [-0.25, -0.2) is 4.98 Å². The zero-order valence-electron chi connectivity index (χ0n) is 13.2. The molecule has 1 amide bonds. The number of hydrogen-bond donors (Lipinski definition) is 1. The first-order valence-electron chi connectivity index (χ1n) is 7.50. The lowest BCUT2D eigenvalue weighted by molar-refractivity contribution is -0.115. The molecule has 0 atom stereocenters. The number of thiazole rings is 1. The number of benzene rings is 2. The Morgan fingerprint density at radius 2 is 1.74 bits per heavy atom. The molecule has 0 aliphatic heterocycles. The molecule has 0 fully saturated rings. The van der Waals surface area contributed by atoms with Gasteiger partial charge < -0.3 is 5.32 Å². The normalized spacial score (nSPS) is 10.5. The van der Waals surface area contributed by atoms with Crippen molar-refractivity contribution < 1.29 is 4.79 Å². The highest BCUT2D eigenvalue weighted by Gasteiger charge is 2.14. The van der Waals surface area contributed by atoms with Gasteiger partial charge in [-0.1, -0.05) is 48.0 Å². The average Bonchev–Trinajstić information content (AvgIpc) is 2.89. The largest absolute Gasteiger partial charge is 0.326 e. The van der Waals surface area contributed by atoms with Crippen molar-refractivity contribution in [3.05, 3.63) is 70.0 Å². The van der Waals surface area contributed by atoms with Gasteiger partial charge in [0.1, 0.15) is 0 Å². The number of nitrogens with one attached hydrogen (secondary N) is 1. The molecule has 0 unspecified atom stereocenters. The zero-order valence-corrected chi connectivity index (χ0v) is 14.0. The van der Waals surface area contributed by atoms with Crippen LogP contribution in [0.5, 0.6) is 0 Å². The summed E-state index contributed by atoms with van der Waals surface area (Å²) in [4.78, 5) is 17.9. The lowest BCUT2D eigenvalue weighted by Crippen LogP contribution is -2.14. The van der Waals surface area contributed by atoms with E-state index < -0.39 is 0 Å². The summed E-state index contributed by atoms with van der Waals surface area (Å²) in [7, 11) is 0. The van der Waals surface area contributed by atoms with Gasteiger partial charge in [0.05, 0.1) is 17.1 Å². The monoisotopic (exact) mass is 322 g/mol. The Kier molecular flexibility index (Phi) is 4.53. The number of anilines is 1. The molecule has 1 heterocycles. The Labute approximate surface area is 140 Å². The molecule has 3 rings (SSSR count). The number of aromatic nitrogens is 1. The van der Waals surface area contributed by atoms with Gasteiger partial charge in [0.15, 0.2) is 0 Å². The Bertz CT molecular complexity index is 807. The van der Waals surface area contributed by atoms with E-state index in [9.17, 15) is 4.79 Å². The van der Waals surface area contributed by atoms with Crippen LogP contribution in [0.15, 0.2) is 54.6 Å². The molecule has 116 valence electrons. The number of aryl methyl sites for hydroxylation is 2. The van der Waals surface area contributed by atoms with E-state index in [2.05, 4.69) is 41.5 Å². The molecule has 4 heteroatoms. The summed E-state index contributed by atoms with van der Waals surface area (Å²) >= 11 is 1.58. The second-order valence-electron chi connectivity index (χ2n) is 5.46. The maximum absolute atomic E-state index is 12.3. The van der Waals surface area contributed by atoms with Crippen LogP contribution < -0.4 is 5.32 Å². The van der Waals surface area contributed by atoms with Gasteiger partial charge in [0.25, 0.3) is 0 Å². The van der Waals surface area contributed by atoms with E-state index in [0.29, 0.717) is 6.42 Å². The third-order valence-electron chi connectivity index (χ3n) is 3.51. The molecule has 0 bridgehead atoms. The second kappa shape index (κ2) is 6.75. The third-order valence-corrected chi connectivity index (χ3v) is 4.48. The van der Waals surface area contributed by atoms with E-state index in [1.165, 1.54) is 5.56 Å². The lowest BCUT2D eigenvalue weighted by atomic mass is 10.1. The standard InChI is InChI=1S/C19H18N2OS/c1-13-8-10-15(11-9-13)19-17(23-14(2)20-19)12-18(22)21-16-6-4-3-5-7-16/h3-11H,12H2,1-2H3,(H,21,22). The fourth-order valence-electron chi connectivity index (χ4n) is 2.40. The first-order valence-corrected chi connectivity index (χ1v) is 8.32. The van der Waals surface area contributed by atoms with E-state index in [4.69, 9.17) is 0 Å². The van der Waals surface area contributed by atoms with E-state index in [-0.39, 0.29) is 5.91 Å². The van der Waals surface area contributed by atoms with Gasteiger partial charge in [0, 0.05) is 16.1 Å². The van der Waals surface area contributed by atoms with Crippen molar-refractivity contribution in [2.75, 3.05) is 5.32 Å². The molecule has 1 N–H and O–H groups in total. The quantitative estimate of drug-likeness (QED) is 0.762. The van der Waals surface area contributed by atoms with Crippen LogP contribution in [0.25, 0.3) is 11.3 Å². The van der Waals surface area contributed by atoms with Crippen molar-refractivity contribution in [2.45, 2.75) is 20.3 Å². The van der Waals surface area contributed by atoms with Crippen molar-refractivity contribution in [2.24, 2.45) is 0 Å². The number of amides is 1. The maximum atomic E-state index is 12.3. The van der Waals surface area contributed by atoms with Crippen molar-refractivity contribution in [1.82, 2.24) is 4.98 Å². The van der Waals surface area contributed by atoms with E-state index in [1.807, 2.05) is 37.3 Å². The van der Waals surface area contributed by atoms with Crippen LogP contribution in [0.4, 0.5) is 5.69 Å². The Balaban J connectivity index is 1.80. The number of carbonyl (C=O) groups is 1. The van der Waals surface area contributed by atoms with Crippen molar-refractivity contribution >= 4 is 22.9 Å². The predicted octanol–water partition coefficient (Wildman–Crippen LogP) is 4.61. The first kappa shape index (κ1) is 15.4. The van der Waals surface area contributed by atoms with Gasteiger partial charge in [-0.2, -0.15) is 0 Å². The maximum Gasteiger partial charge on any atom is 0.229 e. The molecule has 0 aliphatic rings. The van der Waals surface area contributed by atoms with E-state index in [1.54, 1.807) is 11.3 Å². The van der Waals surface area contributed by atoms with Gasteiger partial charge in [-0.05, 0) is 26.0 Å². The third kappa shape index (κ3) is 3.85. The minimum absolute atomic E-state index is 0.0202. The summed E-state index contributed by atoms with van der Waals surface area (Å²) in [6, 6.07) is 17.8. The van der Waals surface area contributed by atoms with Crippen LogP contribution >= 0.6 is 11.3 Å². The Morgan fingerprint density at radius 3 is 2.43 bits per heavy atom. The lowest BCUT2D eigenvalue weighted by Gasteiger charge is -2.05. The van der Waals surface area contributed by atoms with Crippen LogP contribution in [-0.4, -0.2) is 10.9 Å². The summed E-state index contributed by atoms with van der Waals surface area (Å²) in [5.74, 6) is -0.0202. The molecule has 0 radical (unpaired) electrons. The number of rotatable bonds is 4. The highest BCUT2D eigenvalue weighted by atomic mass is 32.1. The summed E-state index contributed by atoms with van der Waals surface area (Å²) in [6.45, 7) is 4.03. The average molecular weight is 322 g/mol. The molecular weight excluding hydrogens is 304 g/mol. The number of hydrogen-bond acceptors (Lipinski definition) is 3. The molecular formula is C19H18N2OS. The van der Waals surface area contributed by atoms with Gasteiger partial charge >= 0.3 is 0 Å². The van der Waals surface area contributed by atoms with Gasteiger partial charge in [-0.15, -0.1) is 11.3 Å². The summed E-state index contributed by atoms with van der Waals surface area (Å²) in [6.07, 6.45) is 0.337. The zero-order chi connectivity index (χ0) is 16.2. The fraction of sp³-hybridized carbons (Fsp3) is 0.158. The number of nitrogens with zero attached hydrogens (tertiary/aromatic N) is 1. The molecule has 0 saturated carbocycles. The highest BCUT2D eigenvalue weighted by molar-refractivity contribution is 7.12. The van der Waals surface area contributed by atoms with Crippen LogP contribution in [0.3, 0.4) is 0 Å². The van der Waals surface area contributed by atoms with Crippen molar-refractivity contribution in [3.8, 4) is 11.3 Å². The molecule has 0 aliphatic carbocycles. The minimum Gasteiger partial charge on any atom is -0.326 e. The number of para-hydroxylation sites is 1. The molecule has 3 nitrogen and oxygen atoms in total. The van der Waals surface area contributed by atoms with E-state index in [0.717, 1.165) is 26.8 Å². The predicted molar refractivity (Wildman–Crippen MR) is 95.8 cm³/mol. The van der Waals surface area contributed by atoms with Crippen LogP contribution in [0.1, 0.15) is 15.4 Å². The SMILES string of the molecule is Cc1ccc(-c2nc(C)sc2CC(=O)Nc2ccccc2)cc1. The Morgan fingerprint density at radius 1 is 1.04 bits per heavy atom. The van der Waals surface area contributed by atoms with Gasteiger partial charge in [0.2, 0.25) is 5.91 Å². The molecule has 1 aromatic heterocycles. The van der Waals surface area contributed by atoms with Crippen molar-refractivity contribution in [1.29, 1.82) is 0 Å². The van der Waals surface area contributed by atoms with Gasteiger partial charge in [-0.3, -0.25) is 4.79 Å². The highest BCUT2D eigenvalue weighted by Crippen LogP contribution is 2.29. The molecule has 0 saturated heterocycles. The topological polar surface area (TPSA) is 42.0 Å². The van der Waals surface area contributed by atoms with Crippen LogP contribution in [0.2, 0.25) is 0 Å². The summed E-state index contributed by atoms with van der Waals surface area (Å²) < 4.78 is 0. The molecule has 23 heavy (non-hydrogen) atoms. The molecule has 3 aromatic rings. The van der Waals surface area contributed by atoms with Crippen molar-refractivity contribution in [3.63, 3.8) is 0 Å². The minimum atomic E-state index is -0.0202. The van der Waals surface area contributed by atoms with Crippen LogP contribution in [-0.2, 0) is 11.2 Å². The first-order chi connectivity index (χ1) is 11.1. The Hall–Kier alpha value is -2.46. The fourth-order valence-corrected chi connectivity index (χ4v) is 3.36. The second-order valence-corrected chi connectivity index (χ2v) is 6.75. The molecule has 0 spiro atoms. The molecule has 2 aromatic carbocycles. The summed E-state index contributed by atoms with van der Waals surface area (Å²) in [5, 5.41) is 3.90. The summed E-state index contributed by atoms with van der Waals surface area (Å²) in [5.41, 5.74) is 4.00. The smallest absolute Gasteiger partial charge is 0.229 e.